The number of benzene rings is 1. The molecule has 0 unspecified atom stereocenters. The van der Waals surface area contributed by atoms with Gasteiger partial charge in [0.15, 0.2) is 11.5 Å². The van der Waals surface area contributed by atoms with Crippen molar-refractivity contribution in [3.63, 3.8) is 0 Å². The van der Waals surface area contributed by atoms with E-state index in [1.165, 1.54) is 5.56 Å². The number of hydrogen-bond acceptors (Lipinski definition) is 3. The van der Waals surface area contributed by atoms with Gasteiger partial charge in [-0.15, -0.1) is 10.2 Å². The van der Waals surface area contributed by atoms with Crippen molar-refractivity contribution in [3.8, 4) is 11.4 Å². The van der Waals surface area contributed by atoms with Crippen LogP contribution >= 0.6 is 0 Å². The second kappa shape index (κ2) is 3.84. The Morgan fingerprint density at radius 3 is 2.67 bits per heavy atom. The van der Waals surface area contributed by atoms with Crippen LogP contribution in [0.5, 0.6) is 0 Å². The van der Waals surface area contributed by atoms with E-state index < -0.39 is 0 Å². The predicted octanol–water partition coefficient (Wildman–Crippen LogP) is 2.60. The maximum atomic E-state index is 5.94. The van der Waals surface area contributed by atoms with Crippen LogP contribution in [0.2, 0.25) is 0 Å². The van der Waals surface area contributed by atoms with Crippen molar-refractivity contribution in [1.82, 2.24) is 14.6 Å². The minimum Gasteiger partial charge on any atom is -0.398 e. The number of aromatic nitrogens is 3. The van der Waals surface area contributed by atoms with Gasteiger partial charge < -0.3 is 5.73 Å². The molecule has 0 aliphatic rings. The van der Waals surface area contributed by atoms with E-state index in [4.69, 9.17) is 5.73 Å². The molecule has 0 saturated heterocycles. The highest BCUT2D eigenvalue weighted by Gasteiger charge is 2.08. The summed E-state index contributed by atoms with van der Waals surface area (Å²) in [5.74, 6) is 0.816. The Hall–Kier alpha value is -2.36. The zero-order valence-corrected chi connectivity index (χ0v) is 10.4. The van der Waals surface area contributed by atoms with Gasteiger partial charge in [-0.2, -0.15) is 0 Å². The summed E-state index contributed by atoms with van der Waals surface area (Å²) in [4.78, 5) is 0. The average Bonchev–Trinajstić information content (AvgIpc) is 2.75. The van der Waals surface area contributed by atoms with Crippen molar-refractivity contribution in [2.75, 3.05) is 5.73 Å². The topological polar surface area (TPSA) is 56.2 Å². The summed E-state index contributed by atoms with van der Waals surface area (Å²) >= 11 is 0. The lowest BCUT2D eigenvalue weighted by atomic mass is 10.1. The molecule has 2 aromatic heterocycles. The zero-order valence-electron chi connectivity index (χ0n) is 10.4. The van der Waals surface area contributed by atoms with Crippen LogP contribution in [-0.2, 0) is 0 Å². The molecule has 0 spiro atoms. The highest BCUT2D eigenvalue weighted by atomic mass is 15.2. The molecule has 18 heavy (non-hydrogen) atoms. The Morgan fingerprint density at radius 2 is 1.89 bits per heavy atom. The number of anilines is 1. The van der Waals surface area contributed by atoms with Gasteiger partial charge in [-0.1, -0.05) is 12.1 Å². The lowest BCUT2D eigenvalue weighted by Gasteiger charge is -2.04. The Morgan fingerprint density at radius 1 is 1.06 bits per heavy atom. The van der Waals surface area contributed by atoms with Crippen LogP contribution in [-0.4, -0.2) is 14.6 Å². The van der Waals surface area contributed by atoms with E-state index in [-0.39, 0.29) is 0 Å². The van der Waals surface area contributed by atoms with Gasteiger partial charge in [-0.3, -0.25) is 4.40 Å². The molecule has 4 heteroatoms. The molecule has 2 N–H and O–H groups in total. The van der Waals surface area contributed by atoms with Gasteiger partial charge in [-0.05, 0) is 43.2 Å². The molecule has 2 heterocycles. The average molecular weight is 238 g/mol. The molecular formula is C14H14N4. The summed E-state index contributed by atoms with van der Waals surface area (Å²) in [7, 11) is 0. The third-order valence-electron chi connectivity index (χ3n) is 3.10. The van der Waals surface area contributed by atoms with Crippen LogP contribution in [0.15, 0.2) is 36.5 Å². The van der Waals surface area contributed by atoms with Crippen molar-refractivity contribution in [1.29, 1.82) is 0 Å². The molecule has 3 rings (SSSR count). The summed E-state index contributed by atoms with van der Waals surface area (Å²) in [5.41, 5.74) is 10.8. The minimum atomic E-state index is 0.774. The predicted molar refractivity (Wildman–Crippen MR) is 72.3 cm³/mol. The highest BCUT2D eigenvalue weighted by molar-refractivity contribution is 5.65. The number of nitrogens with two attached hydrogens (primary N) is 1. The second-order valence-corrected chi connectivity index (χ2v) is 4.53. The Balaban J connectivity index is 2.22. The molecule has 0 radical (unpaired) electrons. The van der Waals surface area contributed by atoms with E-state index in [1.807, 2.05) is 54.8 Å². The molecule has 0 atom stereocenters. The molecule has 0 fully saturated rings. The number of fused-ring (bicyclic) bond motifs is 1. The van der Waals surface area contributed by atoms with Crippen LogP contribution in [0.1, 0.15) is 11.1 Å². The summed E-state index contributed by atoms with van der Waals surface area (Å²) in [6, 6.07) is 10.00. The zero-order chi connectivity index (χ0) is 12.7. The number of rotatable bonds is 1. The maximum absolute atomic E-state index is 5.94. The molecule has 0 amide bonds. The lowest BCUT2D eigenvalue weighted by Crippen LogP contribution is -1.93. The normalized spacial score (nSPS) is 11.0. The molecule has 90 valence electrons. The van der Waals surface area contributed by atoms with Gasteiger partial charge in [0.05, 0.1) is 0 Å². The smallest absolute Gasteiger partial charge is 0.168 e. The highest BCUT2D eigenvalue weighted by Crippen LogP contribution is 2.22. The van der Waals surface area contributed by atoms with Crippen molar-refractivity contribution < 1.29 is 0 Å². The second-order valence-electron chi connectivity index (χ2n) is 4.53. The Kier molecular flexibility index (Phi) is 2.30. The van der Waals surface area contributed by atoms with Crippen LogP contribution < -0.4 is 5.73 Å². The Labute approximate surface area is 105 Å². The van der Waals surface area contributed by atoms with E-state index in [1.54, 1.807) is 0 Å². The minimum absolute atomic E-state index is 0.774. The van der Waals surface area contributed by atoms with Crippen LogP contribution in [0.25, 0.3) is 17.0 Å². The van der Waals surface area contributed by atoms with E-state index in [0.717, 1.165) is 28.3 Å². The van der Waals surface area contributed by atoms with Crippen molar-refractivity contribution in [3.05, 3.63) is 47.7 Å². The van der Waals surface area contributed by atoms with Gasteiger partial charge in [0.1, 0.15) is 0 Å². The van der Waals surface area contributed by atoms with Crippen molar-refractivity contribution >= 4 is 11.3 Å². The van der Waals surface area contributed by atoms with Gasteiger partial charge >= 0.3 is 0 Å². The van der Waals surface area contributed by atoms with E-state index in [9.17, 15) is 0 Å². The fourth-order valence-electron chi connectivity index (χ4n) is 1.97. The van der Waals surface area contributed by atoms with Crippen molar-refractivity contribution in [2.24, 2.45) is 0 Å². The van der Waals surface area contributed by atoms with Crippen LogP contribution in [0.4, 0.5) is 5.69 Å². The van der Waals surface area contributed by atoms with E-state index >= 15 is 0 Å². The summed E-state index contributed by atoms with van der Waals surface area (Å²) < 4.78 is 1.97. The van der Waals surface area contributed by atoms with Crippen LogP contribution in [0.3, 0.4) is 0 Å². The fraction of sp³-hybridized carbons (Fsp3) is 0.143. The first-order valence-electron chi connectivity index (χ1n) is 5.83. The lowest BCUT2D eigenvalue weighted by molar-refractivity contribution is 1.11. The molecule has 0 saturated carbocycles. The summed E-state index contributed by atoms with van der Waals surface area (Å²) in [5, 5.41) is 8.41. The molecule has 4 nitrogen and oxygen atoms in total. The first-order chi connectivity index (χ1) is 8.65. The molecule has 1 aromatic carbocycles. The molecule has 3 aromatic rings. The number of hydrogen-bond donors (Lipinski definition) is 1. The fourth-order valence-corrected chi connectivity index (χ4v) is 1.97. The van der Waals surface area contributed by atoms with Crippen molar-refractivity contribution in [2.45, 2.75) is 13.8 Å². The molecule has 0 aliphatic carbocycles. The molecular weight excluding hydrogens is 224 g/mol. The van der Waals surface area contributed by atoms with Gasteiger partial charge in [0, 0.05) is 17.4 Å². The number of pyridine rings is 1. The number of nitrogens with zero attached hydrogens (tertiary/aromatic N) is 3. The first kappa shape index (κ1) is 10.8. The third kappa shape index (κ3) is 1.62. The number of nitrogen functional groups attached to an aromatic ring is 1. The number of aryl methyl sites for hydroxylation is 2. The standard InChI is InChI=1S/C14H14N4/c1-9-5-6-18-13(7-9)16-17-14(18)11-4-3-10(2)12(15)8-11/h3-8H,15H2,1-2H3. The SMILES string of the molecule is Cc1ccn2c(-c3ccc(C)c(N)c3)nnc2c1. The molecule has 0 bridgehead atoms. The first-order valence-corrected chi connectivity index (χ1v) is 5.83. The monoisotopic (exact) mass is 238 g/mol. The van der Waals surface area contributed by atoms with Crippen LogP contribution in [0, 0.1) is 13.8 Å². The van der Waals surface area contributed by atoms with E-state index in [2.05, 4.69) is 10.2 Å². The molecule has 0 aliphatic heterocycles. The van der Waals surface area contributed by atoms with Gasteiger partial charge in [-0.25, -0.2) is 0 Å². The van der Waals surface area contributed by atoms with Gasteiger partial charge in [0.2, 0.25) is 0 Å². The largest absolute Gasteiger partial charge is 0.398 e. The third-order valence-corrected chi connectivity index (χ3v) is 3.10. The summed E-state index contributed by atoms with van der Waals surface area (Å²) in [6.07, 6.45) is 1.98. The van der Waals surface area contributed by atoms with E-state index in [0.29, 0.717) is 0 Å². The quantitative estimate of drug-likeness (QED) is 0.663. The Bertz CT molecular complexity index is 728. The summed E-state index contributed by atoms with van der Waals surface area (Å²) in [6.45, 7) is 4.03. The van der Waals surface area contributed by atoms with Gasteiger partial charge in [0.25, 0.3) is 0 Å². The maximum Gasteiger partial charge on any atom is 0.168 e.